The van der Waals surface area contributed by atoms with E-state index in [9.17, 15) is 4.79 Å². The first kappa shape index (κ1) is 19.2. The third-order valence-corrected chi connectivity index (χ3v) is 5.82. The molecule has 1 fully saturated rings. The highest BCUT2D eigenvalue weighted by Gasteiger charge is 2.14. The molecule has 0 spiro atoms. The fraction of sp³-hybridized carbons (Fsp3) is 0.192. The molecule has 31 heavy (non-hydrogen) atoms. The predicted octanol–water partition coefficient (Wildman–Crippen LogP) is 4.85. The number of para-hydroxylation sites is 1. The number of hydrogen-bond donors (Lipinski definition) is 0. The van der Waals surface area contributed by atoms with Crippen LogP contribution in [0.1, 0.15) is 24.0 Å². The van der Waals surface area contributed by atoms with Gasteiger partial charge in [-0.15, -0.1) is 0 Å². The van der Waals surface area contributed by atoms with Gasteiger partial charge in [0.25, 0.3) is 5.56 Å². The van der Waals surface area contributed by atoms with Crippen LogP contribution < -0.4 is 10.5 Å². The summed E-state index contributed by atoms with van der Waals surface area (Å²) in [5.41, 5.74) is 4.72. The van der Waals surface area contributed by atoms with E-state index in [-0.39, 0.29) is 5.56 Å². The Morgan fingerprint density at radius 1 is 0.935 bits per heavy atom. The molecule has 0 saturated carbocycles. The SMILES string of the molecule is Cc1cc(N2CCCC2)ccc1C=Nn1c(-c2ccccc2)nc2ccccc2c1=O. The van der Waals surface area contributed by atoms with E-state index in [0.717, 1.165) is 29.8 Å². The summed E-state index contributed by atoms with van der Waals surface area (Å²) in [6.07, 6.45) is 4.26. The zero-order chi connectivity index (χ0) is 21.2. The topological polar surface area (TPSA) is 50.5 Å². The number of fused-ring (bicyclic) bond motifs is 1. The molecule has 1 aromatic heterocycles. The average Bonchev–Trinajstić information content (AvgIpc) is 3.35. The minimum Gasteiger partial charge on any atom is -0.372 e. The summed E-state index contributed by atoms with van der Waals surface area (Å²) in [7, 11) is 0. The molecule has 5 heteroatoms. The van der Waals surface area contributed by atoms with Crippen LogP contribution in [-0.2, 0) is 0 Å². The number of aromatic nitrogens is 2. The summed E-state index contributed by atoms with van der Waals surface area (Å²) in [5, 5.41) is 5.15. The maximum Gasteiger partial charge on any atom is 0.282 e. The van der Waals surface area contributed by atoms with Crippen molar-refractivity contribution in [2.45, 2.75) is 19.8 Å². The normalized spacial score (nSPS) is 14.0. The van der Waals surface area contributed by atoms with Gasteiger partial charge in [0.05, 0.1) is 17.1 Å². The molecule has 0 amide bonds. The van der Waals surface area contributed by atoms with Gasteiger partial charge < -0.3 is 4.90 Å². The van der Waals surface area contributed by atoms with Crippen molar-refractivity contribution < 1.29 is 0 Å². The van der Waals surface area contributed by atoms with Crippen LogP contribution in [0.5, 0.6) is 0 Å². The van der Waals surface area contributed by atoms with Crippen LogP contribution in [0.15, 0.2) is 82.7 Å². The summed E-state index contributed by atoms with van der Waals surface area (Å²) in [5.74, 6) is 0.534. The largest absolute Gasteiger partial charge is 0.372 e. The standard InChI is InChI=1S/C26H24N4O/c1-19-17-22(29-15-7-8-16-29)14-13-21(19)18-27-30-25(20-9-3-2-4-10-20)28-24-12-6-5-11-23(24)26(30)31/h2-6,9-14,17-18H,7-8,15-16H2,1H3. The third-order valence-electron chi connectivity index (χ3n) is 5.82. The molecule has 5 nitrogen and oxygen atoms in total. The Hall–Kier alpha value is -3.73. The zero-order valence-electron chi connectivity index (χ0n) is 17.5. The number of anilines is 1. The first-order chi connectivity index (χ1) is 15.2. The summed E-state index contributed by atoms with van der Waals surface area (Å²) in [6, 6.07) is 23.5. The Bertz CT molecular complexity index is 1320. The number of nitrogens with zero attached hydrogens (tertiary/aromatic N) is 4. The van der Waals surface area contributed by atoms with Crippen LogP contribution in [0, 0.1) is 6.92 Å². The van der Waals surface area contributed by atoms with Crippen molar-refractivity contribution in [2.24, 2.45) is 5.10 Å². The van der Waals surface area contributed by atoms with Crippen molar-refractivity contribution in [3.8, 4) is 11.4 Å². The quantitative estimate of drug-likeness (QED) is 0.454. The molecule has 0 unspecified atom stereocenters. The molecule has 0 N–H and O–H groups in total. The number of aryl methyl sites for hydroxylation is 1. The van der Waals surface area contributed by atoms with Crippen molar-refractivity contribution in [3.05, 3.63) is 94.3 Å². The summed E-state index contributed by atoms with van der Waals surface area (Å²) in [4.78, 5) is 20.4. The van der Waals surface area contributed by atoms with Crippen LogP contribution in [0.25, 0.3) is 22.3 Å². The van der Waals surface area contributed by atoms with Gasteiger partial charge in [-0.25, -0.2) is 4.98 Å². The lowest BCUT2D eigenvalue weighted by molar-refractivity contribution is 0.829. The second kappa shape index (κ2) is 8.19. The monoisotopic (exact) mass is 408 g/mol. The number of hydrogen-bond acceptors (Lipinski definition) is 4. The van der Waals surface area contributed by atoms with Gasteiger partial charge in [-0.05, 0) is 55.2 Å². The smallest absolute Gasteiger partial charge is 0.282 e. The number of benzene rings is 3. The summed E-state index contributed by atoms with van der Waals surface area (Å²) < 4.78 is 1.41. The molecule has 1 saturated heterocycles. The second-order valence-corrected chi connectivity index (χ2v) is 7.92. The van der Waals surface area contributed by atoms with Gasteiger partial charge in [-0.2, -0.15) is 9.78 Å². The molecule has 3 aromatic carbocycles. The van der Waals surface area contributed by atoms with E-state index in [2.05, 4.69) is 35.1 Å². The first-order valence-electron chi connectivity index (χ1n) is 10.7. The van der Waals surface area contributed by atoms with Crippen LogP contribution in [0.3, 0.4) is 0 Å². The highest BCUT2D eigenvalue weighted by Crippen LogP contribution is 2.23. The second-order valence-electron chi connectivity index (χ2n) is 7.92. The van der Waals surface area contributed by atoms with E-state index in [1.54, 1.807) is 12.3 Å². The van der Waals surface area contributed by atoms with Crippen molar-refractivity contribution in [1.29, 1.82) is 0 Å². The van der Waals surface area contributed by atoms with E-state index in [0.29, 0.717) is 16.7 Å². The molecular formula is C26H24N4O. The first-order valence-corrected chi connectivity index (χ1v) is 10.7. The van der Waals surface area contributed by atoms with Crippen molar-refractivity contribution >= 4 is 22.8 Å². The van der Waals surface area contributed by atoms with Gasteiger partial charge in [0, 0.05) is 24.3 Å². The highest BCUT2D eigenvalue weighted by atomic mass is 16.1. The molecule has 154 valence electrons. The van der Waals surface area contributed by atoms with Gasteiger partial charge in [-0.1, -0.05) is 48.5 Å². The van der Waals surface area contributed by atoms with E-state index in [1.807, 2.05) is 48.5 Å². The molecule has 2 heterocycles. The maximum absolute atomic E-state index is 13.3. The van der Waals surface area contributed by atoms with E-state index < -0.39 is 0 Å². The molecule has 1 aliphatic rings. The zero-order valence-corrected chi connectivity index (χ0v) is 17.5. The molecule has 0 atom stereocenters. The Kier molecular flexibility index (Phi) is 5.08. The molecular weight excluding hydrogens is 384 g/mol. The molecule has 4 aromatic rings. The van der Waals surface area contributed by atoms with E-state index >= 15 is 0 Å². The molecule has 5 rings (SSSR count). The Morgan fingerprint density at radius 2 is 1.68 bits per heavy atom. The van der Waals surface area contributed by atoms with Gasteiger partial charge in [-0.3, -0.25) is 4.79 Å². The summed E-state index contributed by atoms with van der Waals surface area (Å²) >= 11 is 0. The van der Waals surface area contributed by atoms with Gasteiger partial charge >= 0.3 is 0 Å². The minimum absolute atomic E-state index is 0.174. The number of rotatable bonds is 4. The fourth-order valence-electron chi connectivity index (χ4n) is 4.10. The highest BCUT2D eigenvalue weighted by molar-refractivity contribution is 5.84. The van der Waals surface area contributed by atoms with Gasteiger partial charge in [0.2, 0.25) is 0 Å². The Labute approximate surface area is 181 Å². The maximum atomic E-state index is 13.3. The Morgan fingerprint density at radius 3 is 2.45 bits per heavy atom. The lowest BCUT2D eigenvalue weighted by Crippen LogP contribution is -2.20. The molecule has 0 aliphatic carbocycles. The fourth-order valence-corrected chi connectivity index (χ4v) is 4.10. The van der Waals surface area contributed by atoms with E-state index in [1.165, 1.54) is 23.2 Å². The lowest BCUT2D eigenvalue weighted by Gasteiger charge is -2.18. The molecule has 1 aliphatic heterocycles. The van der Waals surface area contributed by atoms with Crippen molar-refractivity contribution in [1.82, 2.24) is 9.66 Å². The predicted molar refractivity (Wildman–Crippen MR) is 127 cm³/mol. The molecule has 0 bridgehead atoms. The molecule has 0 radical (unpaired) electrons. The Balaban J connectivity index is 1.59. The minimum atomic E-state index is -0.174. The van der Waals surface area contributed by atoms with Crippen molar-refractivity contribution in [3.63, 3.8) is 0 Å². The van der Waals surface area contributed by atoms with Crippen LogP contribution in [0.2, 0.25) is 0 Å². The van der Waals surface area contributed by atoms with Crippen LogP contribution in [-0.4, -0.2) is 29.0 Å². The third kappa shape index (κ3) is 3.75. The van der Waals surface area contributed by atoms with E-state index in [4.69, 9.17) is 4.98 Å². The van der Waals surface area contributed by atoms with Crippen LogP contribution in [0.4, 0.5) is 5.69 Å². The summed E-state index contributed by atoms with van der Waals surface area (Å²) in [6.45, 7) is 4.32. The van der Waals surface area contributed by atoms with Gasteiger partial charge in [0.15, 0.2) is 5.82 Å². The lowest BCUT2D eigenvalue weighted by atomic mass is 10.1. The average molecular weight is 409 g/mol. The van der Waals surface area contributed by atoms with Gasteiger partial charge in [0.1, 0.15) is 0 Å². The van der Waals surface area contributed by atoms with Crippen LogP contribution >= 0.6 is 0 Å². The van der Waals surface area contributed by atoms with Crippen molar-refractivity contribution in [2.75, 3.05) is 18.0 Å².